The van der Waals surface area contributed by atoms with E-state index in [4.69, 9.17) is 4.74 Å². The van der Waals surface area contributed by atoms with Gasteiger partial charge in [-0.25, -0.2) is 9.97 Å². The first kappa shape index (κ1) is 19.0. The Bertz CT molecular complexity index is 810. The van der Waals surface area contributed by atoms with Crippen molar-refractivity contribution in [1.29, 1.82) is 0 Å². The second-order valence-electron chi connectivity index (χ2n) is 6.58. The molecule has 0 bridgehead atoms. The normalized spacial score (nSPS) is 16.8. The molecule has 27 heavy (non-hydrogen) atoms. The molecule has 1 fully saturated rings. The summed E-state index contributed by atoms with van der Waals surface area (Å²) in [6, 6.07) is 9.08. The number of anilines is 1. The molecule has 3 rings (SSSR count). The number of piperidine rings is 1. The molecule has 1 N–H and O–H groups in total. The summed E-state index contributed by atoms with van der Waals surface area (Å²) in [6.07, 6.45) is 4.33. The number of carbonyl (C=O) groups excluding carboxylic acids is 2. The number of hydrogen-bond donors (Lipinski definition) is 1. The maximum Gasteiger partial charge on any atom is 0.259 e. The Labute approximate surface area is 158 Å². The first-order chi connectivity index (χ1) is 13.1. The zero-order valence-electron chi connectivity index (χ0n) is 15.6. The van der Waals surface area contributed by atoms with E-state index in [1.165, 1.54) is 7.11 Å². The number of benzene rings is 1. The van der Waals surface area contributed by atoms with Gasteiger partial charge in [0.05, 0.1) is 17.3 Å². The lowest BCUT2D eigenvalue weighted by Crippen LogP contribution is -2.41. The molecule has 1 aliphatic heterocycles. The van der Waals surface area contributed by atoms with E-state index in [9.17, 15) is 9.59 Å². The predicted molar refractivity (Wildman–Crippen MR) is 101 cm³/mol. The molecule has 1 aromatic carbocycles. The predicted octanol–water partition coefficient (Wildman–Crippen LogP) is 2.74. The molecule has 7 heteroatoms. The van der Waals surface area contributed by atoms with E-state index < -0.39 is 0 Å². The summed E-state index contributed by atoms with van der Waals surface area (Å²) in [5.74, 6) is 0.267. The van der Waals surface area contributed by atoms with Gasteiger partial charge in [0.25, 0.3) is 5.91 Å². The van der Waals surface area contributed by atoms with E-state index in [2.05, 4.69) is 15.3 Å². The Morgan fingerprint density at radius 2 is 2.04 bits per heavy atom. The van der Waals surface area contributed by atoms with E-state index in [-0.39, 0.29) is 24.5 Å². The number of ether oxygens (including phenoxy) is 1. The van der Waals surface area contributed by atoms with Crippen molar-refractivity contribution in [2.24, 2.45) is 0 Å². The smallest absolute Gasteiger partial charge is 0.259 e. The number of aromatic nitrogens is 2. The van der Waals surface area contributed by atoms with Crippen molar-refractivity contribution in [3.05, 3.63) is 53.6 Å². The summed E-state index contributed by atoms with van der Waals surface area (Å²) in [6.45, 7) is 2.51. The molecule has 2 aromatic rings. The van der Waals surface area contributed by atoms with Gasteiger partial charge in [0.2, 0.25) is 5.91 Å². The fourth-order valence-corrected chi connectivity index (χ4v) is 3.29. The van der Waals surface area contributed by atoms with E-state index >= 15 is 0 Å². The second-order valence-corrected chi connectivity index (χ2v) is 6.58. The molecule has 1 aromatic heterocycles. The largest absolute Gasteiger partial charge is 0.375 e. The first-order valence-corrected chi connectivity index (χ1v) is 9.08. The number of rotatable bonds is 5. The van der Waals surface area contributed by atoms with Crippen molar-refractivity contribution in [3.8, 4) is 0 Å². The lowest BCUT2D eigenvalue weighted by atomic mass is 10.0. The van der Waals surface area contributed by atoms with Gasteiger partial charge in [0.1, 0.15) is 6.61 Å². The van der Waals surface area contributed by atoms with Crippen LogP contribution in [-0.2, 0) is 9.53 Å². The van der Waals surface area contributed by atoms with Crippen LogP contribution in [0.25, 0.3) is 0 Å². The maximum absolute atomic E-state index is 12.5. The van der Waals surface area contributed by atoms with Crippen molar-refractivity contribution < 1.29 is 14.3 Å². The third-order valence-electron chi connectivity index (χ3n) is 4.66. The molecular formula is C20H24N4O3. The van der Waals surface area contributed by atoms with Crippen LogP contribution in [0.15, 0.2) is 36.5 Å². The molecule has 2 heterocycles. The topological polar surface area (TPSA) is 84.4 Å². The summed E-state index contributed by atoms with van der Waals surface area (Å²) < 4.78 is 4.99. The van der Waals surface area contributed by atoms with Gasteiger partial charge < -0.3 is 15.0 Å². The van der Waals surface area contributed by atoms with Gasteiger partial charge in [0.15, 0.2) is 5.82 Å². The Kier molecular flexibility index (Phi) is 6.13. The molecule has 0 saturated carbocycles. The second kappa shape index (κ2) is 8.73. The number of likely N-dealkylation sites (tertiary alicyclic amines) is 1. The fourth-order valence-electron chi connectivity index (χ4n) is 3.29. The zero-order chi connectivity index (χ0) is 19.2. The number of nitrogens with one attached hydrogen (secondary N) is 1. The van der Waals surface area contributed by atoms with E-state index in [0.29, 0.717) is 23.6 Å². The number of methoxy groups -OCH3 is 1. The minimum absolute atomic E-state index is 0.0487. The van der Waals surface area contributed by atoms with Crippen LogP contribution < -0.4 is 5.32 Å². The monoisotopic (exact) mass is 368 g/mol. The number of para-hydroxylation sites is 1. The lowest BCUT2D eigenvalue weighted by molar-refractivity contribution is -0.139. The van der Waals surface area contributed by atoms with E-state index in [0.717, 1.165) is 24.9 Å². The third kappa shape index (κ3) is 4.49. The number of hydrogen-bond acceptors (Lipinski definition) is 5. The van der Waals surface area contributed by atoms with Gasteiger partial charge in [-0.05, 0) is 38.3 Å². The molecule has 1 aliphatic rings. The van der Waals surface area contributed by atoms with Crippen LogP contribution in [0.5, 0.6) is 0 Å². The molecule has 0 spiro atoms. The Hall–Kier alpha value is -2.80. The first-order valence-electron chi connectivity index (χ1n) is 9.08. The minimum Gasteiger partial charge on any atom is -0.375 e. The van der Waals surface area contributed by atoms with Crippen LogP contribution in [0.1, 0.15) is 47.2 Å². The molecule has 0 unspecified atom stereocenters. The standard InChI is InChI=1S/C20H24N4O3/c1-14-16(20(26)23-15-8-4-3-5-9-15)12-21-19(22-14)17-10-6-7-11-24(17)18(25)13-27-2/h3-5,8-9,12,17H,6-7,10-11,13H2,1-2H3,(H,23,26)/t17-/m1/s1. The zero-order valence-corrected chi connectivity index (χ0v) is 15.6. The van der Waals surface area contributed by atoms with Crippen molar-refractivity contribution in [2.45, 2.75) is 32.2 Å². The van der Waals surface area contributed by atoms with Crippen molar-refractivity contribution in [2.75, 3.05) is 25.6 Å². The quantitative estimate of drug-likeness (QED) is 0.877. The minimum atomic E-state index is -0.249. The summed E-state index contributed by atoms with van der Waals surface area (Å²) in [5, 5.41) is 2.84. The maximum atomic E-state index is 12.5. The van der Waals surface area contributed by atoms with Crippen molar-refractivity contribution in [3.63, 3.8) is 0 Å². The highest BCUT2D eigenvalue weighted by atomic mass is 16.5. The highest BCUT2D eigenvalue weighted by Gasteiger charge is 2.30. The van der Waals surface area contributed by atoms with Crippen LogP contribution in [-0.4, -0.2) is 46.9 Å². The van der Waals surface area contributed by atoms with Crippen molar-refractivity contribution in [1.82, 2.24) is 14.9 Å². The molecule has 1 atom stereocenters. The summed E-state index contributed by atoms with van der Waals surface area (Å²) in [7, 11) is 1.51. The van der Waals surface area contributed by atoms with Gasteiger partial charge in [-0.3, -0.25) is 9.59 Å². The van der Waals surface area contributed by atoms with E-state index in [1.54, 1.807) is 18.0 Å². The summed E-state index contributed by atoms with van der Waals surface area (Å²) >= 11 is 0. The van der Waals surface area contributed by atoms with Gasteiger partial charge in [0, 0.05) is 25.5 Å². The Morgan fingerprint density at radius 1 is 1.26 bits per heavy atom. The number of aryl methyl sites for hydroxylation is 1. The lowest BCUT2D eigenvalue weighted by Gasteiger charge is -2.34. The highest BCUT2D eigenvalue weighted by Crippen LogP contribution is 2.29. The number of amides is 2. The Morgan fingerprint density at radius 3 is 2.74 bits per heavy atom. The van der Waals surface area contributed by atoms with E-state index in [1.807, 2.05) is 30.3 Å². The highest BCUT2D eigenvalue weighted by molar-refractivity contribution is 6.04. The average Bonchev–Trinajstić information content (AvgIpc) is 2.68. The van der Waals surface area contributed by atoms with Crippen LogP contribution in [0.2, 0.25) is 0 Å². The molecule has 7 nitrogen and oxygen atoms in total. The van der Waals surface area contributed by atoms with Crippen LogP contribution in [0.4, 0.5) is 5.69 Å². The van der Waals surface area contributed by atoms with Gasteiger partial charge >= 0.3 is 0 Å². The third-order valence-corrected chi connectivity index (χ3v) is 4.66. The number of carbonyl (C=O) groups is 2. The fraction of sp³-hybridized carbons (Fsp3) is 0.400. The molecule has 142 valence electrons. The molecule has 0 radical (unpaired) electrons. The van der Waals surface area contributed by atoms with Crippen LogP contribution >= 0.6 is 0 Å². The van der Waals surface area contributed by atoms with Crippen LogP contribution in [0, 0.1) is 6.92 Å². The van der Waals surface area contributed by atoms with Gasteiger partial charge in [-0.1, -0.05) is 18.2 Å². The van der Waals surface area contributed by atoms with Gasteiger partial charge in [-0.2, -0.15) is 0 Å². The SMILES string of the molecule is COCC(=O)N1CCCC[C@@H]1c1ncc(C(=O)Nc2ccccc2)c(C)n1. The molecular weight excluding hydrogens is 344 g/mol. The average molecular weight is 368 g/mol. The van der Waals surface area contributed by atoms with Crippen LogP contribution in [0.3, 0.4) is 0 Å². The van der Waals surface area contributed by atoms with Crippen molar-refractivity contribution >= 4 is 17.5 Å². The molecule has 1 saturated heterocycles. The Balaban J connectivity index is 1.78. The summed E-state index contributed by atoms with van der Waals surface area (Å²) in [4.78, 5) is 35.6. The number of nitrogens with zero attached hydrogens (tertiary/aromatic N) is 3. The molecule has 0 aliphatic carbocycles. The summed E-state index contributed by atoms with van der Waals surface area (Å²) in [5.41, 5.74) is 1.74. The molecule has 2 amide bonds. The van der Waals surface area contributed by atoms with Gasteiger partial charge in [-0.15, -0.1) is 0 Å².